The first-order valence-corrected chi connectivity index (χ1v) is 7.84. The van der Waals surface area contributed by atoms with E-state index in [1.54, 1.807) is 0 Å². The van der Waals surface area contributed by atoms with Gasteiger partial charge in [0, 0.05) is 5.39 Å². The van der Waals surface area contributed by atoms with Crippen LogP contribution < -0.4 is 10.2 Å². The molecular formula is C17H23N2O2+. The zero-order valence-corrected chi connectivity index (χ0v) is 12.5. The summed E-state index contributed by atoms with van der Waals surface area (Å²) in [7, 11) is 0. The van der Waals surface area contributed by atoms with Crippen LogP contribution in [0.5, 0.6) is 0 Å². The summed E-state index contributed by atoms with van der Waals surface area (Å²) in [5, 5.41) is 4.13. The Bertz CT molecular complexity index is 581. The number of quaternary nitrogens is 1. The van der Waals surface area contributed by atoms with Crippen LogP contribution in [0.2, 0.25) is 0 Å². The Morgan fingerprint density at radius 3 is 2.81 bits per heavy atom. The molecule has 0 aliphatic carbocycles. The first-order chi connectivity index (χ1) is 10.2. The zero-order valence-electron chi connectivity index (χ0n) is 12.5. The number of fused-ring (bicyclic) bond motifs is 1. The van der Waals surface area contributed by atoms with Crippen molar-refractivity contribution in [3.05, 3.63) is 36.1 Å². The van der Waals surface area contributed by atoms with Crippen LogP contribution in [0.3, 0.4) is 0 Å². The zero-order chi connectivity index (χ0) is 14.7. The highest BCUT2D eigenvalue weighted by atomic mass is 16.3. The number of hydrogen-bond donors (Lipinski definition) is 2. The molecule has 4 nitrogen and oxygen atoms in total. The molecule has 1 aromatic carbocycles. The Hall–Kier alpha value is -1.81. The van der Waals surface area contributed by atoms with E-state index in [2.05, 4.69) is 5.32 Å². The SMILES string of the molecule is C[C@@H](NC(=O)C[NH+]1CCCCC1)c1cc2ccccc2o1. The molecule has 0 saturated carbocycles. The van der Waals surface area contributed by atoms with Gasteiger partial charge in [-0.3, -0.25) is 4.79 Å². The van der Waals surface area contributed by atoms with E-state index < -0.39 is 0 Å². The van der Waals surface area contributed by atoms with Gasteiger partial charge in [0.1, 0.15) is 11.3 Å². The number of amides is 1. The second kappa shape index (κ2) is 6.31. The lowest BCUT2D eigenvalue weighted by Gasteiger charge is -2.23. The highest BCUT2D eigenvalue weighted by Crippen LogP contribution is 2.23. The minimum absolute atomic E-state index is 0.0888. The number of piperidine rings is 1. The molecule has 1 saturated heterocycles. The molecule has 1 aliphatic heterocycles. The Balaban J connectivity index is 1.59. The average Bonchev–Trinajstić information content (AvgIpc) is 2.92. The van der Waals surface area contributed by atoms with E-state index in [-0.39, 0.29) is 11.9 Å². The van der Waals surface area contributed by atoms with Crippen molar-refractivity contribution >= 4 is 16.9 Å². The van der Waals surface area contributed by atoms with E-state index in [0.717, 1.165) is 29.8 Å². The number of benzene rings is 1. The quantitative estimate of drug-likeness (QED) is 0.899. The molecule has 3 rings (SSSR count). The molecule has 1 aromatic heterocycles. The number of carbonyl (C=O) groups is 1. The van der Waals surface area contributed by atoms with Crippen molar-refractivity contribution in [1.82, 2.24) is 5.32 Å². The highest BCUT2D eigenvalue weighted by molar-refractivity contribution is 5.79. The number of rotatable bonds is 4. The van der Waals surface area contributed by atoms with Crippen LogP contribution in [0, 0.1) is 0 Å². The first kappa shape index (κ1) is 14.1. The third kappa shape index (κ3) is 3.45. The first-order valence-electron chi connectivity index (χ1n) is 7.84. The Morgan fingerprint density at radius 1 is 1.29 bits per heavy atom. The van der Waals surface area contributed by atoms with Crippen LogP contribution >= 0.6 is 0 Å². The summed E-state index contributed by atoms with van der Waals surface area (Å²) < 4.78 is 5.80. The smallest absolute Gasteiger partial charge is 0.275 e. The van der Waals surface area contributed by atoms with Crippen molar-refractivity contribution in [2.24, 2.45) is 0 Å². The second-order valence-electron chi connectivity index (χ2n) is 5.96. The van der Waals surface area contributed by atoms with Crippen molar-refractivity contribution < 1.29 is 14.1 Å². The minimum Gasteiger partial charge on any atom is -0.459 e. The van der Waals surface area contributed by atoms with Gasteiger partial charge in [0.05, 0.1) is 19.1 Å². The predicted octanol–water partition coefficient (Wildman–Crippen LogP) is 1.68. The lowest BCUT2D eigenvalue weighted by atomic mass is 10.1. The largest absolute Gasteiger partial charge is 0.459 e. The molecule has 1 amide bonds. The van der Waals surface area contributed by atoms with Gasteiger partial charge in [0.25, 0.3) is 5.91 Å². The van der Waals surface area contributed by atoms with Crippen LogP contribution in [0.4, 0.5) is 0 Å². The normalized spacial score (nSPS) is 17.8. The van der Waals surface area contributed by atoms with Gasteiger partial charge in [-0.05, 0) is 38.3 Å². The lowest BCUT2D eigenvalue weighted by molar-refractivity contribution is -0.896. The number of carbonyl (C=O) groups excluding carboxylic acids is 1. The van der Waals surface area contributed by atoms with Gasteiger partial charge < -0.3 is 14.6 Å². The van der Waals surface area contributed by atoms with Gasteiger partial charge in [-0.15, -0.1) is 0 Å². The fourth-order valence-electron chi connectivity index (χ4n) is 3.04. The number of likely N-dealkylation sites (tertiary alicyclic amines) is 1. The van der Waals surface area contributed by atoms with Crippen molar-refractivity contribution in [2.75, 3.05) is 19.6 Å². The summed E-state index contributed by atoms with van der Waals surface area (Å²) in [5.41, 5.74) is 0.871. The van der Waals surface area contributed by atoms with Crippen LogP contribution in [0.25, 0.3) is 11.0 Å². The van der Waals surface area contributed by atoms with Crippen LogP contribution in [-0.2, 0) is 4.79 Å². The summed E-state index contributed by atoms with van der Waals surface area (Å²) in [6.45, 7) is 4.78. The van der Waals surface area contributed by atoms with Gasteiger partial charge >= 0.3 is 0 Å². The lowest BCUT2D eigenvalue weighted by Crippen LogP contribution is -3.13. The number of para-hydroxylation sites is 1. The maximum Gasteiger partial charge on any atom is 0.275 e. The molecule has 0 radical (unpaired) electrons. The van der Waals surface area contributed by atoms with E-state index in [1.165, 1.54) is 24.2 Å². The van der Waals surface area contributed by atoms with E-state index in [4.69, 9.17) is 4.42 Å². The molecule has 1 fully saturated rings. The topological polar surface area (TPSA) is 46.7 Å². The van der Waals surface area contributed by atoms with Gasteiger partial charge in [-0.25, -0.2) is 0 Å². The van der Waals surface area contributed by atoms with Gasteiger partial charge in [-0.1, -0.05) is 18.2 Å². The van der Waals surface area contributed by atoms with Crippen molar-refractivity contribution in [2.45, 2.75) is 32.2 Å². The summed E-state index contributed by atoms with van der Waals surface area (Å²) >= 11 is 0. The van der Waals surface area contributed by atoms with Gasteiger partial charge in [0.2, 0.25) is 0 Å². The minimum atomic E-state index is -0.0888. The van der Waals surface area contributed by atoms with Crippen LogP contribution in [0.1, 0.15) is 38.0 Å². The molecule has 112 valence electrons. The van der Waals surface area contributed by atoms with Crippen molar-refractivity contribution in [1.29, 1.82) is 0 Å². The summed E-state index contributed by atoms with van der Waals surface area (Å²) in [6.07, 6.45) is 3.78. The monoisotopic (exact) mass is 287 g/mol. The fourth-order valence-corrected chi connectivity index (χ4v) is 3.04. The van der Waals surface area contributed by atoms with Crippen LogP contribution in [-0.4, -0.2) is 25.5 Å². The van der Waals surface area contributed by atoms with E-state index >= 15 is 0 Å². The molecule has 1 aliphatic rings. The molecular weight excluding hydrogens is 264 g/mol. The third-order valence-electron chi connectivity index (χ3n) is 4.22. The van der Waals surface area contributed by atoms with E-state index in [9.17, 15) is 4.79 Å². The Kier molecular flexibility index (Phi) is 4.25. The summed E-state index contributed by atoms with van der Waals surface area (Å²) in [4.78, 5) is 13.5. The summed E-state index contributed by atoms with van der Waals surface area (Å²) in [5.74, 6) is 0.929. The third-order valence-corrected chi connectivity index (χ3v) is 4.22. The standard InChI is InChI=1S/C17H22N2O2/c1-13(16-11-14-7-3-4-8-15(14)21-16)18-17(20)12-19-9-5-2-6-10-19/h3-4,7-8,11,13H,2,5-6,9-10,12H2,1H3,(H,18,20)/p+1/t13-/m1/s1. The molecule has 2 aromatic rings. The van der Waals surface area contributed by atoms with Crippen molar-refractivity contribution in [3.8, 4) is 0 Å². The molecule has 21 heavy (non-hydrogen) atoms. The van der Waals surface area contributed by atoms with E-state index in [0.29, 0.717) is 6.54 Å². The van der Waals surface area contributed by atoms with Crippen molar-refractivity contribution in [3.63, 3.8) is 0 Å². The Labute approximate surface area is 125 Å². The van der Waals surface area contributed by atoms with Gasteiger partial charge in [0.15, 0.2) is 6.54 Å². The average molecular weight is 287 g/mol. The maximum absolute atomic E-state index is 12.1. The Morgan fingerprint density at radius 2 is 2.05 bits per heavy atom. The summed E-state index contributed by atoms with van der Waals surface area (Å²) in [6, 6.07) is 9.84. The number of furan rings is 1. The molecule has 4 heteroatoms. The van der Waals surface area contributed by atoms with Crippen LogP contribution in [0.15, 0.2) is 34.7 Å². The fraction of sp³-hybridized carbons (Fsp3) is 0.471. The molecule has 1 atom stereocenters. The highest BCUT2D eigenvalue weighted by Gasteiger charge is 2.20. The number of nitrogens with one attached hydrogen (secondary N) is 2. The molecule has 0 spiro atoms. The number of hydrogen-bond acceptors (Lipinski definition) is 2. The maximum atomic E-state index is 12.1. The molecule has 0 unspecified atom stereocenters. The van der Waals surface area contributed by atoms with E-state index in [1.807, 2.05) is 37.3 Å². The molecule has 2 N–H and O–H groups in total. The molecule has 2 heterocycles. The predicted molar refractivity (Wildman–Crippen MR) is 82.2 cm³/mol. The second-order valence-corrected chi connectivity index (χ2v) is 5.96. The van der Waals surface area contributed by atoms with Gasteiger partial charge in [-0.2, -0.15) is 0 Å². The molecule has 0 bridgehead atoms.